The average Bonchev–Trinajstić information content (AvgIpc) is 2.92. The molecule has 5 nitrogen and oxygen atoms in total. The van der Waals surface area contributed by atoms with Crippen LogP contribution in [0.1, 0.15) is 11.3 Å². The third-order valence-corrected chi connectivity index (χ3v) is 2.61. The number of primary amides is 1. The lowest BCUT2D eigenvalue weighted by atomic mass is 10.1. The first-order chi connectivity index (χ1) is 9.65. The van der Waals surface area contributed by atoms with E-state index in [1.165, 1.54) is 6.08 Å². The topological polar surface area (TPSA) is 104 Å². The van der Waals surface area contributed by atoms with Crippen LogP contribution >= 0.6 is 0 Å². The number of rotatable bonds is 3. The van der Waals surface area contributed by atoms with Gasteiger partial charge in [-0.25, -0.2) is 0 Å². The summed E-state index contributed by atoms with van der Waals surface area (Å²) in [5, 5.41) is 17.8. The van der Waals surface area contributed by atoms with Gasteiger partial charge in [0.2, 0.25) is 0 Å². The molecule has 1 amide bonds. The Hall–Kier alpha value is -3.31. The Labute approximate surface area is 115 Å². The second kappa shape index (κ2) is 5.55. The Morgan fingerprint density at radius 1 is 1.20 bits per heavy atom. The molecule has 0 atom stereocenters. The monoisotopic (exact) mass is 263 g/mol. The van der Waals surface area contributed by atoms with Crippen molar-refractivity contribution in [2.24, 2.45) is 5.73 Å². The van der Waals surface area contributed by atoms with E-state index >= 15 is 0 Å². The van der Waals surface area contributed by atoms with Gasteiger partial charge in [-0.2, -0.15) is 10.5 Å². The largest absolute Gasteiger partial charge is 0.457 e. The molecule has 0 fully saturated rings. The van der Waals surface area contributed by atoms with Gasteiger partial charge in [-0.3, -0.25) is 4.79 Å². The summed E-state index contributed by atoms with van der Waals surface area (Å²) in [5.74, 6) is -0.0128. The molecule has 2 N–H and O–H groups in total. The summed E-state index contributed by atoms with van der Waals surface area (Å²) in [6.45, 7) is 0. The van der Waals surface area contributed by atoms with Crippen molar-refractivity contribution in [1.29, 1.82) is 10.5 Å². The van der Waals surface area contributed by atoms with E-state index in [2.05, 4.69) is 6.07 Å². The number of carbonyl (C=O) groups excluding carboxylic acids is 1. The minimum atomic E-state index is -0.817. The Morgan fingerprint density at radius 3 is 2.60 bits per heavy atom. The van der Waals surface area contributed by atoms with Crippen molar-refractivity contribution in [1.82, 2.24) is 0 Å². The van der Waals surface area contributed by atoms with Crippen LogP contribution in [0.4, 0.5) is 0 Å². The van der Waals surface area contributed by atoms with E-state index in [-0.39, 0.29) is 5.57 Å². The van der Waals surface area contributed by atoms with Gasteiger partial charge < -0.3 is 10.2 Å². The normalized spacial score (nSPS) is 10.6. The smallest absolute Gasteiger partial charge is 0.259 e. The number of hydrogen-bond acceptors (Lipinski definition) is 4. The Morgan fingerprint density at radius 2 is 1.95 bits per heavy atom. The van der Waals surface area contributed by atoms with E-state index in [1.807, 2.05) is 0 Å². The van der Waals surface area contributed by atoms with E-state index in [0.29, 0.717) is 22.6 Å². The molecule has 1 aromatic heterocycles. The summed E-state index contributed by atoms with van der Waals surface area (Å²) in [6.07, 6.45) is 1.26. The summed E-state index contributed by atoms with van der Waals surface area (Å²) in [7, 11) is 0. The highest BCUT2D eigenvalue weighted by atomic mass is 16.3. The zero-order valence-electron chi connectivity index (χ0n) is 10.3. The van der Waals surface area contributed by atoms with Crippen LogP contribution in [0.25, 0.3) is 17.4 Å². The predicted octanol–water partition coefficient (Wildman–Crippen LogP) is 2.21. The van der Waals surface area contributed by atoms with Crippen molar-refractivity contribution in [3.05, 3.63) is 53.3 Å². The van der Waals surface area contributed by atoms with Crippen molar-refractivity contribution in [2.45, 2.75) is 0 Å². The highest BCUT2D eigenvalue weighted by Gasteiger charge is 2.10. The number of hydrogen-bond donors (Lipinski definition) is 1. The molecule has 0 bridgehead atoms. The number of nitrogens with zero attached hydrogens (tertiary/aromatic N) is 2. The Kier molecular flexibility index (Phi) is 3.65. The first kappa shape index (κ1) is 13.1. The van der Waals surface area contributed by atoms with Crippen molar-refractivity contribution in [3.8, 4) is 23.5 Å². The Balaban J connectivity index is 2.43. The van der Waals surface area contributed by atoms with Gasteiger partial charge in [0.15, 0.2) is 0 Å². The summed E-state index contributed by atoms with van der Waals surface area (Å²) in [6, 6.07) is 14.0. The number of benzene rings is 1. The molecule has 1 aromatic carbocycles. The standard InChI is InChI=1S/C15H9N3O2/c16-8-10-3-1-2-4-13(10)14-6-5-12(20-14)7-11(9-17)15(18)19/h1-7H,(H2,18,19). The van der Waals surface area contributed by atoms with Crippen LogP contribution in [-0.4, -0.2) is 5.91 Å². The van der Waals surface area contributed by atoms with Gasteiger partial charge in [-0.1, -0.05) is 12.1 Å². The molecule has 0 saturated heterocycles. The van der Waals surface area contributed by atoms with E-state index < -0.39 is 5.91 Å². The van der Waals surface area contributed by atoms with Crippen molar-refractivity contribution < 1.29 is 9.21 Å². The van der Waals surface area contributed by atoms with E-state index in [4.69, 9.17) is 20.7 Å². The van der Waals surface area contributed by atoms with Crippen LogP contribution < -0.4 is 5.73 Å². The lowest BCUT2D eigenvalue weighted by molar-refractivity contribution is -0.114. The molecule has 2 aromatic rings. The first-order valence-corrected chi connectivity index (χ1v) is 5.66. The predicted molar refractivity (Wildman–Crippen MR) is 71.6 cm³/mol. The van der Waals surface area contributed by atoms with Crippen LogP contribution in [0.15, 0.2) is 46.4 Å². The maximum atomic E-state index is 11.0. The lowest BCUT2D eigenvalue weighted by Crippen LogP contribution is -2.12. The minimum absolute atomic E-state index is 0.195. The number of amides is 1. The summed E-state index contributed by atoms with van der Waals surface area (Å²) in [5.41, 5.74) is 5.97. The van der Waals surface area contributed by atoms with Gasteiger partial charge in [-0.05, 0) is 24.3 Å². The second-order valence-corrected chi connectivity index (χ2v) is 3.89. The number of carbonyl (C=O) groups is 1. The van der Waals surface area contributed by atoms with Gasteiger partial charge in [0, 0.05) is 11.6 Å². The fraction of sp³-hybridized carbons (Fsp3) is 0. The average molecular weight is 263 g/mol. The molecule has 0 aliphatic heterocycles. The molecule has 5 heteroatoms. The molecule has 0 aliphatic carbocycles. The van der Waals surface area contributed by atoms with Crippen molar-refractivity contribution in [3.63, 3.8) is 0 Å². The van der Waals surface area contributed by atoms with Gasteiger partial charge in [0.1, 0.15) is 23.2 Å². The van der Waals surface area contributed by atoms with Gasteiger partial charge in [0.25, 0.3) is 5.91 Å². The maximum absolute atomic E-state index is 11.0. The first-order valence-electron chi connectivity index (χ1n) is 5.66. The molecule has 2 rings (SSSR count). The lowest BCUT2D eigenvalue weighted by Gasteiger charge is -1.98. The minimum Gasteiger partial charge on any atom is -0.457 e. The highest BCUT2D eigenvalue weighted by molar-refractivity contribution is 6.00. The van der Waals surface area contributed by atoms with Gasteiger partial charge in [0.05, 0.1) is 11.6 Å². The van der Waals surface area contributed by atoms with Gasteiger partial charge >= 0.3 is 0 Å². The second-order valence-electron chi connectivity index (χ2n) is 3.89. The highest BCUT2D eigenvalue weighted by Crippen LogP contribution is 2.26. The molecule has 96 valence electrons. The van der Waals surface area contributed by atoms with Crippen LogP contribution in [0.5, 0.6) is 0 Å². The van der Waals surface area contributed by atoms with E-state index in [9.17, 15) is 4.79 Å². The zero-order valence-corrected chi connectivity index (χ0v) is 10.3. The SMILES string of the molecule is N#CC(=Cc1ccc(-c2ccccc2C#N)o1)C(N)=O. The quantitative estimate of drug-likeness (QED) is 0.677. The molecular formula is C15H9N3O2. The molecule has 0 unspecified atom stereocenters. The summed E-state index contributed by atoms with van der Waals surface area (Å²) >= 11 is 0. The molecule has 0 radical (unpaired) electrons. The molecule has 20 heavy (non-hydrogen) atoms. The number of nitriles is 2. The fourth-order valence-electron chi connectivity index (χ4n) is 1.67. The van der Waals surface area contributed by atoms with E-state index in [1.54, 1.807) is 42.5 Å². The molecule has 0 aliphatic rings. The zero-order chi connectivity index (χ0) is 14.5. The number of nitrogens with two attached hydrogens (primary N) is 1. The molecule has 1 heterocycles. The van der Waals surface area contributed by atoms with Crippen LogP contribution in [0.2, 0.25) is 0 Å². The molecular weight excluding hydrogens is 254 g/mol. The van der Waals surface area contributed by atoms with Crippen molar-refractivity contribution in [2.75, 3.05) is 0 Å². The molecule has 0 saturated carbocycles. The third-order valence-electron chi connectivity index (χ3n) is 2.61. The maximum Gasteiger partial charge on any atom is 0.259 e. The summed E-state index contributed by atoms with van der Waals surface area (Å²) in [4.78, 5) is 11.0. The van der Waals surface area contributed by atoms with Crippen molar-refractivity contribution >= 4 is 12.0 Å². The van der Waals surface area contributed by atoms with Crippen LogP contribution in [-0.2, 0) is 4.79 Å². The fourth-order valence-corrected chi connectivity index (χ4v) is 1.67. The third kappa shape index (κ3) is 2.58. The molecule has 0 spiro atoms. The van der Waals surface area contributed by atoms with Gasteiger partial charge in [-0.15, -0.1) is 0 Å². The van der Waals surface area contributed by atoms with Crippen LogP contribution in [0, 0.1) is 22.7 Å². The Bertz CT molecular complexity index is 773. The summed E-state index contributed by atoms with van der Waals surface area (Å²) < 4.78 is 5.51. The van der Waals surface area contributed by atoms with Crippen LogP contribution in [0.3, 0.4) is 0 Å². The van der Waals surface area contributed by atoms with E-state index in [0.717, 1.165) is 0 Å². The number of furan rings is 1.